The van der Waals surface area contributed by atoms with Crippen molar-refractivity contribution in [1.82, 2.24) is 5.32 Å². The number of carbonyl (C=O) groups excluding carboxylic acids is 2. The van der Waals surface area contributed by atoms with Gasteiger partial charge in [-0.15, -0.1) is 0 Å². The molecule has 2 rings (SSSR count). The van der Waals surface area contributed by atoms with E-state index in [-0.39, 0.29) is 18.4 Å². The first-order valence-corrected chi connectivity index (χ1v) is 9.32. The maximum Gasteiger partial charge on any atom is 0.262 e. The van der Waals surface area contributed by atoms with Crippen molar-refractivity contribution in [3.05, 3.63) is 59.2 Å². The van der Waals surface area contributed by atoms with Gasteiger partial charge in [0.15, 0.2) is 6.61 Å². The Labute approximate surface area is 161 Å². The van der Waals surface area contributed by atoms with E-state index in [9.17, 15) is 9.59 Å². The Hall–Kier alpha value is -2.82. The third-order valence-corrected chi connectivity index (χ3v) is 4.09. The first-order chi connectivity index (χ1) is 12.9. The van der Waals surface area contributed by atoms with Gasteiger partial charge in [0.25, 0.3) is 11.8 Å². The van der Waals surface area contributed by atoms with E-state index in [1.54, 1.807) is 24.3 Å². The summed E-state index contributed by atoms with van der Waals surface area (Å²) in [6, 6.07) is 12.9. The van der Waals surface area contributed by atoms with Crippen LogP contribution in [0.2, 0.25) is 0 Å². The highest BCUT2D eigenvalue weighted by atomic mass is 16.5. The highest BCUT2D eigenvalue weighted by Crippen LogP contribution is 2.27. The number of anilines is 1. The van der Waals surface area contributed by atoms with Gasteiger partial charge in [-0.1, -0.05) is 39.0 Å². The molecule has 0 unspecified atom stereocenters. The Morgan fingerprint density at radius 3 is 2.59 bits per heavy atom. The zero-order valence-electron chi connectivity index (χ0n) is 16.5. The fourth-order valence-electron chi connectivity index (χ4n) is 2.66. The van der Waals surface area contributed by atoms with Gasteiger partial charge in [-0.2, -0.15) is 0 Å². The summed E-state index contributed by atoms with van der Waals surface area (Å²) >= 11 is 0. The normalized spacial score (nSPS) is 10.6. The molecule has 0 aliphatic rings. The first-order valence-electron chi connectivity index (χ1n) is 9.32. The molecule has 0 spiro atoms. The molecular formula is C22H28N2O3. The highest BCUT2D eigenvalue weighted by molar-refractivity contribution is 5.97. The summed E-state index contributed by atoms with van der Waals surface area (Å²) in [6.07, 6.45) is 0.872. The van der Waals surface area contributed by atoms with Gasteiger partial charge in [0, 0.05) is 17.8 Å². The molecule has 2 aromatic rings. The Bertz CT molecular complexity index is 800. The fraction of sp³-hybridized carbons (Fsp3) is 0.364. The zero-order chi connectivity index (χ0) is 19.8. The summed E-state index contributed by atoms with van der Waals surface area (Å²) in [5, 5.41) is 5.60. The van der Waals surface area contributed by atoms with Gasteiger partial charge < -0.3 is 15.4 Å². The summed E-state index contributed by atoms with van der Waals surface area (Å²) in [7, 11) is 0. The van der Waals surface area contributed by atoms with Gasteiger partial charge in [0.05, 0.1) is 0 Å². The van der Waals surface area contributed by atoms with Crippen LogP contribution in [0.25, 0.3) is 0 Å². The monoisotopic (exact) mass is 368 g/mol. The molecule has 144 valence electrons. The number of aryl methyl sites for hydroxylation is 1. The Morgan fingerprint density at radius 2 is 1.89 bits per heavy atom. The zero-order valence-corrected chi connectivity index (χ0v) is 16.5. The maximum atomic E-state index is 12.3. The largest absolute Gasteiger partial charge is 0.483 e. The van der Waals surface area contributed by atoms with Crippen LogP contribution in [0.15, 0.2) is 42.5 Å². The maximum absolute atomic E-state index is 12.3. The third-order valence-electron chi connectivity index (χ3n) is 4.09. The number of hydrogen-bond donors (Lipinski definition) is 2. The molecule has 2 aromatic carbocycles. The van der Waals surface area contributed by atoms with Gasteiger partial charge in [-0.25, -0.2) is 0 Å². The summed E-state index contributed by atoms with van der Waals surface area (Å²) in [5.74, 6) is 0.623. The molecule has 2 N–H and O–H groups in total. The van der Waals surface area contributed by atoms with Crippen LogP contribution in [0.3, 0.4) is 0 Å². The second kappa shape index (κ2) is 9.76. The van der Waals surface area contributed by atoms with E-state index >= 15 is 0 Å². The Morgan fingerprint density at radius 1 is 1.11 bits per heavy atom. The lowest BCUT2D eigenvalue weighted by Crippen LogP contribution is -2.24. The lowest BCUT2D eigenvalue weighted by molar-refractivity contribution is -0.118. The predicted octanol–water partition coefficient (Wildman–Crippen LogP) is 4.28. The van der Waals surface area contributed by atoms with E-state index in [0.29, 0.717) is 23.7 Å². The van der Waals surface area contributed by atoms with Crippen molar-refractivity contribution >= 4 is 17.5 Å². The van der Waals surface area contributed by atoms with Gasteiger partial charge in [-0.3, -0.25) is 9.59 Å². The van der Waals surface area contributed by atoms with Crippen LogP contribution in [0.5, 0.6) is 5.75 Å². The summed E-state index contributed by atoms with van der Waals surface area (Å²) in [5.41, 5.74) is 3.24. The minimum atomic E-state index is -0.266. The summed E-state index contributed by atoms with van der Waals surface area (Å²) in [4.78, 5) is 24.3. The standard InChI is InChI=1S/C22H28N2O3/c1-5-11-23-22(26)17-7-6-8-18(13-17)24-21(25)14-27-20-12-16(4)9-10-19(20)15(2)3/h6-10,12-13,15H,5,11,14H2,1-4H3,(H,23,26)(H,24,25). The van der Waals surface area contributed by atoms with Gasteiger partial charge in [0.1, 0.15) is 5.75 Å². The number of carbonyl (C=O) groups is 2. The smallest absolute Gasteiger partial charge is 0.262 e. The summed E-state index contributed by atoms with van der Waals surface area (Å²) < 4.78 is 5.75. The van der Waals surface area contributed by atoms with Crippen LogP contribution >= 0.6 is 0 Å². The molecule has 27 heavy (non-hydrogen) atoms. The van der Waals surface area contributed by atoms with Crippen molar-refractivity contribution in [3.63, 3.8) is 0 Å². The number of amides is 2. The lowest BCUT2D eigenvalue weighted by Gasteiger charge is -2.15. The summed E-state index contributed by atoms with van der Waals surface area (Å²) in [6.45, 7) is 8.70. The molecule has 0 radical (unpaired) electrons. The number of hydrogen-bond acceptors (Lipinski definition) is 3. The Balaban J connectivity index is 1.99. The average molecular weight is 368 g/mol. The van der Waals surface area contributed by atoms with E-state index < -0.39 is 0 Å². The second-order valence-electron chi connectivity index (χ2n) is 6.87. The molecule has 0 saturated carbocycles. The van der Waals surface area contributed by atoms with Crippen LogP contribution in [0, 0.1) is 6.92 Å². The molecule has 0 aliphatic carbocycles. The van der Waals surface area contributed by atoms with Crippen molar-refractivity contribution in [2.45, 2.75) is 40.0 Å². The molecule has 0 bridgehead atoms. The van der Waals surface area contributed by atoms with Crippen molar-refractivity contribution in [2.75, 3.05) is 18.5 Å². The molecular weight excluding hydrogens is 340 g/mol. The highest BCUT2D eigenvalue weighted by Gasteiger charge is 2.11. The molecule has 2 amide bonds. The number of nitrogens with one attached hydrogen (secondary N) is 2. The van der Waals surface area contributed by atoms with Crippen molar-refractivity contribution in [3.8, 4) is 5.75 Å². The molecule has 5 heteroatoms. The van der Waals surface area contributed by atoms with Crippen LogP contribution in [-0.4, -0.2) is 25.0 Å². The molecule has 5 nitrogen and oxygen atoms in total. The van der Waals surface area contributed by atoms with Crippen LogP contribution < -0.4 is 15.4 Å². The van der Waals surface area contributed by atoms with Crippen molar-refractivity contribution in [2.24, 2.45) is 0 Å². The van der Waals surface area contributed by atoms with E-state index in [2.05, 4.69) is 24.5 Å². The number of benzene rings is 2. The van der Waals surface area contributed by atoms with Gasteiger partial charge in [0.2, 0.25) is 0 Å². The van der Waals surface area contributed by atoms with E-state index in [0.717, 1.165) is 23.3 Å². The SMILES string of the molecule is CCCNC(=O)c1cccc(NC(=O)COc2cc(C)ccc2C(C)C)c1. The minimum absolute atomic E-state index is 0.0879. The van der Waals surface area contributed by atoms with Crippen LogP contribution in [0.4, 0.5) is 5.69 Å². The topological polar surface area (TPSA) is 67.4 Å². The minimum Gasteiger partial charge on any atom is -0.483 e. The third kappa shape index (κ3) is 6.13. The number of ether oxygens (including phenoxy) is 1. The fourth-order valence-corrected chi connectivity index (χ4v) is 2.66. The first kappa shape index (κ1) is 20.5. The molecule has 0 aromatic heterocycles. The van der Waals surface area contributed by atoms with Crippen molar-refractivity contribution < 1.29 is 14.3 Å². The van der Waals surface area contributed by atoms with Gasteiger partial charge in [-0.05, 0) is 54.7 Å². The molecule has 0 atom stereocenters. The van der Waals surface area contributed by atoms with Crippen LogP contribution in [-0.2, 0) is 4.79 Å². The van der Waals surface area contributed by atoms with Gasteiger partial charge >= 0.3 is 0 Å². The van der Waals surface area contributed by atoms with Crippen molar-refractivity contribution in [1.29, 1.82) is 0 Å². The molecule has 0 heterocycles. The van der Waals surface area contributed by atoms with E-state index in [4.69, 9.17) is 4.74 Å². The van der Waals surface area contributed by atoms with E-state index in [1.165, 1.54) is 0 Å². The van der Waals surface area contributed by atoms with E-state index in [1.807, 2.05) is 32.0 Å². The molecule has 0 fully saturated rings. The second-order valence-corrected chi connectivity index (χ2v) is 6.87. The average Bonchev–Trinajstić information content (AvgIpc) is 2.64. The Kier molecular flexibility index (Phi) is 7.41. The predicted molar refractivity (Wildman–Crippen MR) is 108 cm³/mol. The molecule has 0 saturated heterocycles. The quantitative estimate of drug-likeness (QED) is 0.731. The number of rotatable bonds is 8. The lowest BCUT2D eigenvalue weighted by atomic mass is 10.0. The molecule has 0 aliphatic heterocycles. The van der Waals surface area contributed by atoms with Crippen LogP contribution in [0.1, 0.15) is 54.6 Å².